The molecule has 158 valence electrons. The fourth-order valence-corrected chi connectivity index (χ4v) is 3.64. The van der Waals surface area contributed by atoms with Crippen molar-refractivity contribution in [2.24, 2.45) is 5.10 Å². The third kappa shape index (κ3) is 5.49. The topological polar surface area (TPSA) is 68.2 Å². The summed E-state index contributed by atoms with van der Waals surface area (Å²) in [5, 5.41) is 13.6. The molecular weight excluding hydrogens is 388 g/mol. The molecule has 0 unspecified atom stereocenters. The van der Waals surface area contributed by atoms with Crippen molar-refractivity contribution in [2.45, 2.75) is 6.54 Å². The Morgan fingerprint density at radius 3 is 2.29 bits per heavy atom. The van der Waals surface area contributed by atoms with Crippen molar-refractivity contribution >= 4 is 17.8 Å². The van der Waals surface area contributed by atoms with Gasteiger partial charge in [-0.15, -0.1) is 0 Å². The van der Waals surface area contributed by atoms with E-state index in [0.717, 1.165) is 32.7 Å². The number of phenols is 1. The predicted octanol–water partition coefficient (Wildman–Crippen LogP) is 3.48. The number of benzene rings is 3. The molecule has 1 saturated heterocycles. The highest BCUT2D eigenvalue weighted by Crippen LogP contribution is 2.17. The van der Waals surface area contributed by atoms with Gasteiger partial charge in [0.05, 0.1) is 6.21 Å². The van der Waals surface area contributed by atoms with Gasteiger partial charge in [0.2, 0.25) is 0 Å². The van der Waals surface area contributed by atoms with Gasteiger partial charge in [-0.1, -0.05) is 42.5 Å². The van der Waals surface area contributed by atoms with Crippen LogP contribution in [0, 0.1) is 0 Å². The van der Waals surface area contributed by atoms with Gasteiger partial charge in [0, 0.05) is 49.5 Å². The summed E-state index contributed by atoms with van der Waals surface area (Å²) >= 11 is 0. The Labute approximate surface area is 182 Å². The quantitative estimate of drug-likeness (QED) is 0.479. The lowest BCUT2D eigenvalue weighted by atomic mass is 10.1. The molecule has 6 heteroatoms. The van der Waals surface area contributed by atoms with Crippen LogP contribution < -0.4 is 10.3 Å². The van der Waals surface area contributed by atoms with E-state index in [-0.39, 0.29) is 11.7 Å². The van der Waals surface area contributed by atoms with Crippen LogP contribution >= 0.6 is 0 Å². The Balaban J connectivity index is 1.26. The van der Waals surface area contributed by atoms with E-state index in [0.29, 0.717) is 11.1 Å². The van der Waals surface area contributed by atoms with Crippen molar-refractivity contribution in [3.8, 4) is 5.75 Å². The van der Waals surface area contributed by atoms with Gasteiger partial charge in [-0.2, -0.15) is 5.10 Å². The van der Waals surface area contributed by atoms with Gasteiger partial charge < -0.3 is 10.0 Å². The first-order valence-electron chi connectivity index (χ1n) is 10.4. The van der Waals surface area contributed by atoms with Crippen LogP contribution in [0.15, 0.2) is 84.0 Å². The van der Waals surface area contributed by atoms with E-state index in [4.69, 9.17) is 0 Å². The highest BCUT2D eigenvalue weighted by atomic mass is 16.3. The second kappa shape index (κ2) is 9.91. The van der Waals surface area contributed by atoms with E-state index in [2.05, 4.69) is 44.6 Å². The van der Waals surface area contributed by atoms with Crippen LogP contribution in [0.4, 0.5) is 5.69 Å². The third-order valence-corrected chi connectivity index (χ3v) is 5.42. The maximum Gasteiger partial charge on any atom is 0.271 e. The number of nitrogens with one attached hydrogen (secondary N) is 1. The molecule has 0 aromatic heterocycles. The molecule has 0 aliphatic carbocycles. The average Bonchev–Trinajstić information content (AvgIpc) is 2.82. The Bertz CT molecular complexity index is 1030. The Hall–Kier alpha value is -3.64. The van der Waals surface area contributed by atoms with Crippen molar-refractivity contribution in [1.29, 1.82) is 0 Å². The number of rotatable bonds is 6. The molecule has 1 aliphatic rings. The molecule has 2 N–H and O–H groups in total. The summed E-state index contributed by atoms with van der Waals surface area (Å²) in [6.45, 7) is 4.92. The molecule has 3 aromatic carbocycles. The van der Waals surface area contributed by atoms with Gasteiger partial charge in [-0.05, 0) is 42.0 Å². The van der Waals surface area contributed by atoms with Crippen LogP contribution in [0.5, 0.6) is 5.75 Å². The van der Waals surface area contributed by atoms with Crippen molar-refractivity contribution in [1.82, 2.24) is 10.3 Å². The second-order valence-electron chi connectivity index (χ2n) is 7.55. The number of hydrazone groups is 1. The minimum absolute atomic E-state index is 0.120. The molecule has 31 heavy (non-hydrogen) atoms. The molecule has 0 atom stereocenters. The Morgan fingerprint density at radius 2 is 1.58 bits per heavy atom. The molecule has 0 spiro atoms. The number of phenolic OH excluding ortho intramolecular Hbond substituents is 1. The molecule has 1 amide bonds. The first kappa shape index (κ1) is 20.6. The summed E-state index contributed by atoms with van der Waals surface area (Å²) in [7, 11) is 0. The summed E-state index contributed by atoms with van der Waals surface area (Å²) in [6.07, 6.45) is 1.43. The van der Waals surface area contributed by atoms with Crippen LogP contribution in [0.3, 0.4) is 0 Å². The molecule has 3 aromatic rings. The van der Waals surface area contributed by atoms with E-state index >= 15 is 0 Å². The van der Waals surface area contributed by atoms with Gasteiger partial charge in [0.25, 0.3) is 5.91 Å². The molecule has 4 rings (SSSR count). The molecule has 0 radical (unpaired) electrons. The molecule has 1 heterocycles. The van der Waals surface area contributed by atoms with Crippen molar-refractivity contribution in [3.05, 3.63) is 95.6 Å². The second-order valence-corrected chi connectivity index (χ2v) is 7.55. The smallest absolute Gasteiger partial charge is 0.271 e. The molecular formula is C25H26N4O2. The summed E-state index contributed by atoms with van der Waals surface area (Å²) in [4.78, 5) is 17.1. The van der Waals surface area contributed by atoms with Crippen LogP contribution in [-0.4, -0.2) is 48.3 Å². The first-order chi connectivity index (χ1) is 15.2. The number of carbonyl (C=O) groups is 1. The fraction of sp³-hybridized carbons (Fsp3) is 0.200. The van der Waals surface area contributed by atoms with E-state index < -0.39 is 0 Å². The van der Waals surface area contributed by atoms with Crippen molar-refractivity contribution in [2.75, 3.05) is 31.1 Å². The fourth-order valence-electron chi connectivity index (χ4n) is 3.64. The maximum atomic E-state index is 12.3. The summed E-state index contributed by atoms with van der Waals surface area (Å²) in [5.41, 5.74) is 6.06. The van der Waals surface area contributed by atoms with E-state index in [1.165, 1.54) is 17.5 Å². The van der Waals surface area contributed by atoms with Gasteiger partial charge in [-0.25, -0.2) is 5.43 Å². The number of amides is 1. The summed E-state index contributed by atoms with van der Waals surface area (Å²) < 4.78 is 0. The first-order valence-corrected chi connectivity index (χ1v) is 10.4. The largest absolute Gasteiger partial charge is 0.507 e. The van der Waals surface area contributed by atoms with Gasteiger partial charge in [0.15, 0.2) is 0 Å². The number of aromatic hydroxyl groups is 1. The maximum absolute atomic E-state index is 12.3. The van der Waals surface area contributed by atoms with Crippen LogP contribution in [0.25, 0.3) is 0 Å². The SMILES string of the molecule is O=C(N/N=C\c1ccccc1O)c1ccc(CN2CCN(c3ccccc3)CC2)cc1. The van der Waals surface area contributed by atoms with Crippen LogP contribution in [-0.2, 0) is 6.54 Å². The normalized spacial score (nSPS) is 14.6. The van der Waals surface area contributed by atoms with E-state index in [1.807, 2.05) is 30.3 Å². The highest BCUT2D eigenvalue weighted by Gasteiger charge is 2.17. The molecule has 1 fully saturated rings. The van der Waals surface area contributed by atoms with Gasteiger partial charge in [-0.3, -0.25) is 9.69 Å². The minimum atomic E-state index is -0.283. The average molecular weight is 415 g/mol. The zero-order valence-electron chi connectivity index (χ0n) is 17.3. The van der Waals surface area contributed by atoms with Crippen molar-refractivity contribution < 1.29 is 9.90 Å². The number of nitrogens with zero attached hydrogens (tertiary/aromatic N) is 3. The number of hydrogen-bond donors (Lipinski definition) is 2. The zero-order chi connectivity index (χ0) is 21.5. The predicted molar refractivity (Wildman–Crippen MR) is 124 cm³/mol. The van der Waals surface area contributed by atoms with E-state index in [9.17, 15) is 9.90 Å². The van der Waals surface area contributed by atoms with Crippen LogP contribution in [0.1, 0.15) is 21.5 Å². The van der Waals surface area contributed by atoms with Crippen molar-refractivity contribution in [3.63, 3.8) is 0 Å². The number of anilines is 1. The van der Waals surface area contributed by atoms with Crippen LogP contribution in [0.2, 0.25) is 0 Å². The minimum Gasteiger partial charge on any atom is -0.507 e. The Morgan fingerprint density at radius 1 is 0.903 bits per heavy atom. The molecule has 1 aliphatic heterocycles. The third-order valence-electron chi connectivity index (χ3n) is 5.42. The van der Waals surface area contributed by atoms with E-state index in [1.54, 1.807) is 24.3 Å². The number of piperazine rings is 1. The monoisotopic (exact) mass is 414 g/mol. The summed E-state index contributed by atoms with van der Waals surface area (Å²) in [5.74, 6) is -0.163. The molecule has 6 nitrogen and oxygen atoms in total. The number of para-hydroxylation sites is 2. The number of hydrogen-bond acceptors (Lipinski definition) is 5. The number of carbonyl (C=O) groups excluding carboxylic acids is 1. The molecule has 0 saturated carbocycles. The van der Waals surface area contributed by atoms with Gasteiger partial charge >= 0.3 is 0 Å². The summed E-state index contributed by atoms with van der Waals surface area (Å²) in [6, 6.07) is 25.0. The van der Waals surface area contributed by atoms with Gasteiger partial charge in [0.1, 0.15) is 5.75 Å². The highest BCUT2D eigenvalue weighted by molar-refractivity contribution is 5.95. The lowest BCUT2D eigenvalue weighted by Gasteiger charge is -2.36. The zero-order valence-corrected chi connectivity index (χ0v) is 17.3. The Kier molecular flexibility index (Phi) is 6.59. The lowest BCUT2D eigenvalue weighted by molar-refractivity contribution is 0.0955. The lowest BCUT2D eigenvalue weighted by Crippen LogP contribution is -2.45. The molecule has 0 bridgehead atoms. The standard InChI is InChI=1S/C25H26N4O2/c30-24-9-5-4-6-22(24)18-26-27-25(31)21-12-10-20(11-13-21)19-28-14-16-29(17-15-28)23-7-2-1-3-8-23/h1-13,18,30H,14-17,19H2,(H,27,31)/b26-18-.